The molecule has 2 heterocycles. The van der Waals surface area contributed by atoms with E-state index >= 15 is 0 Å². The molecule has 1 aliphatic heterocycles. The van der Waals surface area contributed by atoms with E-state index in [1.807, 2.05) is 30.3 Å². The van der Waals surface area contributed by atoms with Crippen LogP contribution < -0.4 is 10.6 Å². The lowest BCUT2D eigenvalue weighted by atomic mass is 10.0. The molecular formula is C27H33FN6O2. The monoisotopic (exact) mass is 492 g/mol. The SMILES string of the molecule is CC(C)N1CCCC1C(=O)NC(C)(C)C(=O)Nc1nc(-c2ccc(F)cc2)n(Cc2ccccc2)n1. The molecule has 0 bridgehead atoms. The van der Waals surface area contributed by atoms with Crippen LogP contribution in [0.2, 0.25) is 0 Å². The molecule has 8 nitrogen and oxygen atoms in total. The zero-order chi connectivity index (χ0) is 25.9. The van der Waals surface area contributed by atoms with Gasteiger partial charge in [0.2, 0.25) is 11.9 Å². The highest BCUT2D eigenvalue weighted by Crippen LogP contribution is 2.23. The Morgan fingerprint density at radius 2 is 1.81 bits per heavy atom. The van der Waals surface area contributed by atoms with Crippen LogP contribution in [0.5, 0.6) is 0 Å². The number of hydrogen-bond donors (Lipinski definition) is 2. The molecule has 1 aliphatic rings. The number of anilines is 1. The molecule has 0 saturated carbocycles. The van der Waals surface area contributed by atoms with Crippen LogP contribution in [0.1, 0.15) is 46.1 Å². The van der Waals surface area contributed by atoms with Crippen LogP contribution in [0.25, 0.3) is 11.4 Å². The number of nitrogens with zero attached hydrogens (tertiary/aromatic N) is 4. The molecule has 0 radical (unpaired) electrons. The summed E-state index contributed by atoms with van der Waals surface area (Å²) < 4.78 is 15.2. The molecule has 3 aromatic rings. The number of aromatic nitrogens is 3. The summed E-state index contributed by atoms with van der Waals surface area (Å²) in [7, 11) is 0. The Balaban J connectivity index is 1.53. The van der Waals surface area contributed by atoms with Crippen LogP contribution in [0.3, 0.4) is 0 Å². The third kappa shape index (κ3) is 5.79. The zero-order valence-corrected chi connectivity index (χ0v) is 21.2. The Bertz CT molecular complexity index is 1210. The molecule has 190 valence electrons. The summed E-state index contributed by atoms with van der Waals surface area (Å²) in [6, 6.07) is 15.7. The third-order valence-corrected chi connectivity index (χ3v) is 6.44. The maximum Gasteiger partial charge on any atom is 0.251 e. The molecule has 2 N–H and O–H groups in total. The fourth-order valence-corrected chi connectivity index (χ4v) is 4.47. The number of likely N-dealkylation sites (tertiary alicyclic amines) is 1. The number of benzene rings is 2. The quantitative estimate of drug-likeness (QED) is 0.499. The topological polar surface area (TPSA) is 92.2 Å². The molecule has 9 heteroatoms. The van der Waals surface area contributed by atoms with Crippen molar-refractivity contribution in [1.29, 1.82) is 0 Å². The van der Waals surface area contributed by atoms with Gasteiger partial charge < -0.3 is 5.32 Å². The summed E-state index contributed by atoms with van der Waals surface area (Å²) in [6.07, 6.45) is 1.73. The number of hydrogen-bond acceptors (Lipinski definition) is 5. The van der Waals surface area contributed by atoms with Gasteiger partial charge >= 0.3 is 0 Å². The van der Waals surface area contributed by atoms with Crippen molar-refractivity contribution in [1.82, 2.24) is 25.0 Å². The van der Waals surface area contributed by atoms with Gasteiger partial charge in [-0.15, -0.1) is 5.10 Å². The molecule has 1 saturated heterocycles. The first-order chi connectivity index (χ1) is 17.1. The van der Waals surface area contributed by atoms with Crippen molar-refractivity contribution in [2.24, 2.45) is 0 Å². The van der Waals surface area contributed by atoms with Crippen LogP contribution in [-0.4, -0.2) is 55.6 Å². The van der Waals surface area contributed by atoms with Gasteiger partial charge in [0.15, 0.2) is 5.82 Å². The van der Waals surface area contributed by atoms with Crippen molar-refractivity contribution in [3.63, 3.8) is 0 Å². The smallest absolute Gasteiger partial charge is 0.251 e. The average Bonchev–Trinajstić information content (AvgIpc) is 3.48. The highest BCUT2D eigenvalue weighted by molar-refractivity contribution is 5.99. The number of nitrogens with one attached hydrogen (secondary N) is 2. The van der Waals surface area contributed by atoms with Crippen LogP contribution in [-0.2, 0) is 16.1 Å². The normalized spacial score (nSPS) is 16.3. The number of carbonyl (C=O) groups excluding carboxylic acids is 2. The molecule has 4 rings (SSSR count). The minimum absolute atomic E-state index is 0.113. The van der Waals surface area contributed by atoms with E-state index in [0.717, 1.165) is 24.9 Å². The van der Waals surface area contributed by atoms with Gasteiger partial charge in [-0.1, -0.05) is 30.3 Å². The van der Waals surface area contributed by atoms with Crippen molar-refractivity contribution in [3.05, 3.63) is 66.0 Å². The minimum Gasteiger partial charge on any atom is -0.341 e. The van der Waals surface area contributed by atoms with Crippen LogP contribution in [0.4, 0.5) is 10.3 Å². The van der Waals surface area contributed by atoms with Gasteiger partial charge in [-0.25, -0.2) is 9.07 Å². The molecule has 0 spiro atoms. The van der Waals surface area contributed by atoms with E-state index in [9.17, 15) is 14.0 Å². The number of halogens is 1. The van der Waals surface area contributed by atoms with Crippen molar-refractivity contribution >= 4 is 17.8 Å². The second-order valence-corrected chi connectivity index (χ2v) is 9.97. The molecule has 1 unspecified atom stereocenters. The highest BCUT2D eigenvalue weighted by atomic mass is 19.1. The van der Waals surface area contributed by atoms with E-state index < -0.39 is 11.4 Å². The van der Waals surface area contributed by atoms with Gasteiger partial charge in [0, 0.05) is 11.6 Å². The first kappa shape index (κ1) is 25.5. The summed E-state index contributed by atoms with van der Waals surface area (Å²) in [6.45, 7) is 8.76. The third-order valence-electron chi connectivity index (χ3n) is 6.44. The predicted molar refractivity (Wildman–Crippen MR) is 137 cm³/mol. The zero-order valence-electron chi connectivity index (χ0n) is 21.2. The Kier molecular flexibility index (Phi) is 7.49. The number of amides is 2. The summed E-state index contributed by atoms with van der Waals surface area (Å²) in [5.41, 5.74) is 0.494. The lowest BCUT2D eigenvalue weighted by Gasteiger charge is -2.31. The van der Waals surface area contributed by atoms with Crippen molar-refractivity contribution in [3.8, 4) is 11.4 Å². The van der Waals surface area contributed by atoms with E-state index in [0.29, 0.717) is 17.9 Å². The van der Waals surface area contributed by atoms with E-state index in [1.54, 1.807) is 30.7 Å². The summed E-state index contributed by atoms with van der Waals surface area (Å²) in [4.78, 5) is 32.9. The summed E-state index contributed by atoms with van der Waals surface area (Å²) in [5, 5.41) is 10.2. The van der Waals surface area contributed by atoms with Crippen molar-refractivity contribution in [2.45, 2.75) is 64.7 Å². The Labute approximate surface area is 210 Å². The van der Waals surface area contributed by atoms with E-state index in [-0.39, 0.29) is 29.8 Å². The maximum absolute atomic E-state index is 13.5. The lowest BCUT2D eigenvalue weighted by Crippen LogP contribution is -2.57. The van der Waals surface area contributed by atoms with Gasteiger partial charge in [0.05, 0.1) is 12.6 Å². The van der Waals surface area contributed by atoms with Gasteiger partial charge in [-0.05, 0) is 76.9 Å². The average molecular weight is 493 g/mol. The second kappa shape index (κ2) is 10.6. The fourth-order valence-electron chi connectivity index (χ4n) is 4.47. The highest BCUT2D eigenvalue weighted by Gasteiger charge is 2.37. The van der Waals surface area contributed by atoms with Gasteiger partial charge in [0.25, 0.3) is 5.91 Å². The van der Waals surface area contributed by atoms with E-state index in [1.165, 1.54) is 12.1 Å². The Morgan fingerprint density at radius 1 is 1.11 bits per heavy atom. The van der Waals surface area contributed by atoms with E-state index in [4.69, 9.17) is 0 Å². The van der Waals surface area contributed by atoms with Crippen LogP contribution in [0, 0.1) is 5.82 Å². The summed E-state index contributed by atoms with van der Waals surface area (Å²) >= 11 is 0. The molecule has 2 amide bonds. The first-order valence-corrected chi connectivity index (χ1v) is 12.3. The molecule has 1 aromatic heterocycles. The molecule has 36 heavy (non-hydrogen) atoms. The first-order valence-electron chi connectivity index (χ1n) is 12.3. The van der Waals surface area contributed by atoms with Gasteiger partial charge in [0.1, 0.15) is 11.4 Å². The predicted octanol–water partition coefficient (Wildman–Crippen LogP) is 3.84. The largest absolute Gasteiger partial charge is 0.341 e. The number of carbonyl (C=O) groups is 2. The molecule has 1 fully saturated rings. The lowest BCUT2D eigenvalue weighted by molar-refractivity contribution is -0.132. The van der Waals surface area contributed by atoms with Crippen molar-refractivity contribution in [2.75, 3.05) is 11.9 Å². The van der Waals surface area contributed by atoms with Crippen LogP contribution in [0.15, 0.2) is 54.6 Å². The standard InChI is InChI=1S/C27H33FN6O2/c1-18(2)33-16-8-11-22(33)24(35)31-27(3,4)25(36)30-26-29-23(20-12-14-21(28)15-13-20)34(32-26)17-19-9-6-5-7-10-19/h5-7,9-10,12-15,18,22H,8,11,16-17H2,1-4H3,(H,31,35)(H,30,32,36). The van der Waals surface area contributed by atoms with Crippen LogP contribution >= 0.6 is 0 Å². The fraction of sp³-hybridized carbons (Fsp3) is 0.407. The van der Waals surface area contributed by atoms with Crippen molar-refractivity contribution < 1.29 is 14.0 Å². The minimum atomic E-state index is -1.18. The molecule has 2 aromatic carbocycles. The summed E-state index contributed by atoms with van der Waals surface area (Å²) in [5.74, 6) is -0.322. The molecule has 1 atom stereocenters. The number of rotatable bonds is 8. The second-order valence-electron chi connectivity index (χ2n) is 9.97. The maximum atomic E-state index is 13.5. The Hall–Kier alpha value is -3.59. The van der Waals surface area contributed by atoms with E-state index in [2.05, 4.69) is 39.5 Å². The van der Waals surface area contributed by atoms with Gasteiger partial charge in [-0.3, -0.25) is 19.8 Å². The van der Waals surface area contributed by atoms with Gasteiger partial charge in [-0.2, -0.15) is 4.98 Å². The Morgan fingerprint density at radius 3 is 2.47 bits per heavy atom. The molecule has 0 aliphatic carbocycles. The molecular weight excluding hydrogens is 459 g/mol.